The molecule has 2 aliphatic rings. The number of hydrogen-bond acceptors (Lipinski definition) is 9. The van der Waals surface area contributed by atoms with Crippen LogP contribution in [0.3, 0.4) is 0 Å². The molecular weight excluding hydrogens is 612 g/mol. The van der Waals surface area contributed by atoms with Gasteiger partial charge in [0.05, 0.1) is 24.7 Å². The fourth-order valence-corrected chi connectivity index (χ4v) is 7.08. The Morgan fingerprint density at radius 2 is 1.70 bits per heavy atom. The minimum Gasteiger partial charge on any atom is -0.457 e. The molecule has 0 bridgehead atoms. The van der Waals surface area contributed by atoms with E-state index >= 15 is 0 Å². The van der Waals surface area contributed by atoms with Crippen LogP contribution in [0, 0.1) is 0 Å². The van der Waals surface area contributed by atoms with Crippen molar-refractivity contribution < 1.29 is 32.7 Å². The van der Waals surface area contributed by atoms with Crippen molar-refractivity contribution >= 4 is 33.2 Å². The maximum atomic E-state index is 13.7. The number of nitrogens with one attached hydrogen (secondary N) is 2. The number of benzene rings is 2. The number of morpholine rings is 1. The lowest BCUT2D eigenvalue weighted by Gasteiger charge is -2.28. The summed E-state index contributed by atoms with van der Waals surface area (Å²) in [5.41, 5.74) is 4.17. The van der Waals surface area contributed by atoms with Crippen LogP contribution in [0.5, 0.6) is 11.5 Å². The summed E-state index contributed by atoms with van der Waals surface area (Å²) < 4.78 is 42.1. The van der Waals surface area contributed by atoms with Gasteiger partial charge in [-0.3, -0.25) is 24.7 Å². The van der Waals surface area contributed by atoms with Gasteiger partial charge in [-0.1, -0.05) is 18.2 Å². The minimum atomic E-state index is -3.77. The van der Waals surface area contributed by atoms with Gasteiger partial charge in [0.15, 0.2) is 0 Å². The number of nitrogens with zero attached hydrogens (tertiary/aromatic N) is 4. The Morgan fingerprint density at radius 1 is 1.00 bits per heavy atom. The van der Waals surface area contributed by atoms with Crippen LogP contribution in [0.2, 0.25) is 0 Å². The zero-order chi connectivity index (χ0) is 32.4. The molecule has 1 saturated heterocycles. The van der Waals surface area contributed by atoms with Crippen LogP contribution in [0.1, 0.15) is 17.7 Å². The van der Waals surface area contributed by atoms with E-state index in [2.05, 4.69) is 21.3 Å². The molecule has 6 rings (SSSR count). The van der Waals surface area contributed by atoms with E-state index in [0.29, 0.717) is 31.0 Å². The number of carbonyl (C=O) groups is 2. The number of rotatable bonds is 11. The smallest absolute Gasteiger partial charge is 0.243 e. The van der Waals surface area contributed by atoms with Crippen molar-refractivity contribution in [3.05, 3.63) is 84.3 Å². The molecule has 2 aliphatic heterocycles. The van der Waals surface area contributed by atoms with Crippen LogP contribution in [-0.4, -0.2) is 90.6 Å². The van der Waals surface area contributed by atoms with Crippen molar-refractivity contribution in [1.82, 2.24) is 29.6 Å². The molecule has 2 aromatic carbocycles. The van der Waals surface area contributed by atoms with Gasteiger partial charge in [-0.15, -0.1) is 0 Å². The first-order valence-electron chi connectivity index (χ1n) is 15.1. The van der Waals surface area contributed by atoms with Crippen LogP contribution < -0.4 is 15.5 Å². The Morgan fingerprint density at radius 3 is 2.41 bits per heavy atom. The van der Waals surface area contributed by atoms with Crippen molar-refractivity contribution in [1.29, 1.82) is 0 Å². The van der Waals surface area contributed by atoms with Crippen LogP contribution in [-0.2, 0) is 43.9 Å². The number of fused-ring (bicyclic) bond motifs is 3. The fraction of sp³-hybridized carbons (Fsp3) is 0.344. The van der Waals surface area contributed by atoms with E-state index in [0.717, 1.165) is 61.4 Å². The van der Waals surface area contributed by atoms with Gasteiger partial charge in [0, 0.05) is 55.2 Å². The Labute approximate surface area is 267 Å². The molecule has 46 heavy (non-hydrogen) atoms. The third kappa shape index (κ3) is 8.08. The summed E-state index contributed by atoms with van der Waals surface area (Å²) in [6.45, 7) is 5.61. The lowest BCUT2D eigenvalue weighted by Crippen LogP contribution is -2.39. The summed E-state index contributed by atoms with van der Waals surface area (Å²) in [5.74, 6) is 1.08. The molecular formula is C32H38N6O7S. The largest absolute Gasteiger partial charge is 0.457 e. The molecule has 0 aliphatic carbocycles. The Bertz CT molecular complexity index is 1710. The molecule has 13 nitrogen and oxygen atoms in total. The summed E-state index contributed by atoms with van der Waals surface area (Å²) in [6, 6.07) is 17.9. The molecule has 0 saturated carbocycles. The average molecular weight is 651 g/mol. The Kier molecular flexibility index (Phi) is 11.3. The number of para-hydroxylation sites is 1. The molecule has 3 N–H and O–H groups in total. The van der Waals surface area contributed by atoms with E-state index < -0.39 is 10.0 Å². The van der Waals surface area contributed by atoms with Crippen molar-refractivity contribution in [2.45, 2.75) is 30.8 Å². The van der Waals surface area contributed by atoms with Gasteiger partial charge < -0.3 is 19.4 Å². The summed E-state index contributed by atoms with van der Waals surface area (Å²) in [7, 11) is -3.77. The van der Waals surface area contributed by atoms with E-state index in [-0.39, 0.29) is 30.3 Å². The fourth-order valence-electron chi connectivity index (χ4n) is 5.68. The van der Waals surface area contributed by atoms with Gasteiger partial charge in [0.1, 0.15) is 18.0 Å². The molecule has 0 atom stereocenters. The summed E-state index contributed by atoms with van der Waals surface area (Å²) in [6.07, 6.45) is 4.89. The lowest BCUT2D eigenvalue weighted by atomic mass is 10.0. The van der Waals surface area contributed by atoms with Crippen LogP contribution in [0.15, 0.2) is 78.0 Å². The molecule has 0 unspecified atom stereocenters. The van der Waals surface area contributed by atoms with Crippen LogP contribution in [0.25, 0.3) is 10.9 Å². The predicted octanol–water partition coefficient (Wildman–Crippen LogP) is 2.54. The topological polar surface area (TPSA) is 155 Å². The van der Waals surface area contributed by atoms with Crippen LogP contribution in [0.4, 0.5) is 0 Å². The number of hydrogen-bond donors (Lipinski definition) is 3. The van der Waals surface area contributed by atoms with Crippen molar-refractivity contribution in [2.24, 2.45) is 0 Å². The van der Waals surface area contributed by atoms with E-state index in [1.54, 1.807) is 48.8 Å². The zero-order valence-corrected chi connectivity index (χ0v) is 26.2. The standard InChI is InChI=1S/C31H35N5O5S.CH3NO2/c37-31(33-13-3-16-34-18-20-40-21-19-34)23-36-29-5-2-1-4-27(29)28-12-17-35(22-30(28)36)42(38,39)26-8-6-24(7-9-26)41-25-10-14-32-15-11-25;3-1-2-4/h1-2,4-11,14-15H,3,12-13,16-23H2,(H,33,37);1,4H,(H,2,3). The SMILES string of the molecule is O=C(Cn1c2c(c3ccccc31)CCN(S(=O)(=O)c1ccc(Oc3ccncc3)cc1)C2)NCCCN1CCOCC1.O=CNO. The third-order valence-corrected chi connectivity index (χ3v) is 9.77. The molecule has 0 spiro atoms. The number of ether oxygens (including phenoxy) is 2. The minimum absolute atomic E-state index is 0.0784. The summed E-state index contributed by atoms with van der Waals surface area (Å²) >= 11 is 0. The Hall–Kier alpha value is -4.34. The van der Waals surface area contributed by atoms with E-state index in [1.165, 1.54) is 9.79 Å². The Balaban J connectivity index is 0.000000985. The number of amides is 2. The second-order valence-corrected chi connectivity index (χ2v) is 12.7. The average Bonchev–Trinajstić information content (AvgIpc) is 3.40. The molecule has 4 heterocycles. The molecule has 0 radical (unpaired) electrons. The first kappa shape index (κ1) is 33.0. The molecule has 1 fully saturated rings. The van der Waals surface area contributed by atoms with Crippen molar-refractivity contribution in [3.63, 3.8) is 0 Å². The van der Waals surface area contributed by atoms with Gasteiger partial charge in [-0.2, -0.15) is 4.31 Å². The number of sulfonamides is 1. The summed E-state index contributed by atoms with van der Waals surface area (Å²) in [4.78, 5) is 28.4. The first-order valence-corrected chi connectivity index (χ1v) is 16.5. The molecule has 2 amide bonds. The predicted molar refractivity (Wildman–Crippen MR) is 170 cm³/mol. The second kappa shape index (κ2) is 15.8. The van der Waals surface area contributed by atoms with Gasteiger partial charge in [0.25, 0.3) is 0 Å². The van der Waals surface area contributed by atoms with E-state index in [1.807, 2.05) is 22.8 Å². The van der Waals surface area contributed by atoms with Gasteiger partial charge in [-0.25, -0.2) is 13.9 Å². The third-order valence-electron chi connectivity index (χ3n) is 7.91. The van der Waals surface area contributed by atoms with Crippen molar-refractivity contribution in [2.75, 3.05) is 45.9 Å². The van der Waals surface area contributed by atoms with Gasteiger partial charge in [0.2, 0.25) is 22.3 Å². The lowest BCUT2D eigenvalue weighted by molar-refractivity contribution is -0.121. The van der Waals surface area contributed by atoms with Gasteiger partial charge >= 0.3 is 0 Å². The number of hydroxylamine groups is 1. The monoisotopic (exact) mass is 650 g/mol. The molecule has 244 valence electrons. The van der Waals surface area contributed by atoms with Gasteiger partial charge in [-0.05, 0) is 67.4 Å². The highest BCUT2D eigenvalue weighted by Crippen LogP contribution is 2.33. The van der Waals surface area contributed by atoms with Crippen molar-refractivity contribution in [3.8, 4) is 11.5 Å². The maximum Gasteiger partial charge on any atom is 0.243 e. The van der Waals surface area contributed by atoms with Crippen LogP contribution >= 0.6 is 0 Å². The normalized spacial score (nSPS) is 15.3. The molecule has 14 heteroatoms. The highest BCUT2D eigenvalue weighted by molar-refractivity contribution is 7.89. The molecule has 4 aromatic rings. The quantitative estimate of drug-likeness (QED) is 0.0961. The zero-order valence-electron chi connectivity index (χ0n) is 25.4. The summed E-state index contributed by atoms with van der Waals surface area (Å²) in [5, 5.41) is 11.4. The second-order valence-electron chi connectivity index (χ2n) is 10.8. The maximum absolute atomic E-state index is 13.7. The van der Waals surface area contributed by atoms with E-state index in [4.69, 9.17) is 19.5 Å². The number of aromatic nitrogens is 2. The first-order chi connectivity index (χ1) is 22.4. The highest BCUT2D eigenvalue weighted by Gasteiger charge is 2.32. The van der Waals surface area contributed by atoms with E-state index in [9.17, 15) is 13.2 Å². The highest BCUT2D eigenvalue weighted by atomic mass is 32.2. The molecule has 2 aromatic heterocycles. The number of pyridine rings is 1. The number of carbonyl (C=O) groups excluding carboxylic acids is 2.